The van der Waals surface area contributed by atoms with Crippen LogP contribution in [0.4, 0.5) is 0 Å². The van der Waals surface area contributed by atoms with E-state index < -0.39 is 17.6 Å². The fraction of sp³-hybridized carbons (Fsp3) is 0.500. The Morgan fingerprint density at radius 3 is 2.00 bits per heavy atom. The number of esters is 2. The zero-order valence-electron chi connectivity index (χ0n) is 8.70. The number of carbonyl (C=O) groups excluding carboxylic acids is 2. The van der Waals surface area contributed by atoms with Crippen molar-refractivity contribution in [3.05, 3.63) is 11.4 Å². The molecule has 0 aliphatic rings. The van der Waals surface area contributed by atoms with Crippen LogP contribution in [0.25, 0.3) is 0 Å². The maximum absolute atomic E-state index is 11.2. The molecule has 0 rings (SSSR count). The largest absolute Gasteiger partial charge is 0.461 e. The van der Waals surface area contributed by atoms with E-state index in [9.17, 15) is 9.59 Å². The molecule has 0 fully saturated rings. The molecule has 0 aliphatic carbocycles. The second-order valence-corrected chi connectivity index (χ2v) is 2.37. The van der Waals surface area contributed by atoms with E-state index in [1.54, 1.807) is 13.8 Å². The van der Waals surface area contributed by atoms with E-state index >= 15 is 0 Å². The highest BCUT2D eigenvalue weighted by Crippen LogP contribution is 1.99. The molecule has 0 heterocycles. The molecule has 0 amide bonds. The second-order valence-electron chi connectivity index (χ2n) is 2.37. The molecule has 0 radical (unpaired) electrons. The first kappa shape index (κ1) is 13.2. The van der Waals surface area contributed by atoms with Crippen molar-refractivity contribution in [2.45, 2.75) is 13.8 Å². The number of nitrogens with two attached hydrogens (primary N) is 2. The molecule has 15 heavy (non-hydrogen) atoms. The van der Waals surface area contributed by atoms with Gasteiger partial charge in [-0.15, -0.1) is 0 Å². The van der Waals surface area contributed by atoms with Gasteiger partial charge >= 0.3 is 11.9 Å². The van der Waals surface area contributed by atoms with Crippen molar-refractivity contribution in [3.8, 4) is 0 Å². The fourth-order valence-corrected chi connectivity index (χ4v) is 0.761. The van der Waals surface area contributed by atoms with Gasteiger partial charge in [-0.2, -0.15) is 0 Å². The fourth-order valence-electron chi connectivity index (χ4n) is 0.761. The minimum absolute atomic E-state index is 0.153. The number of hydrazine groups is 1. The third kappa shape index (κ3) is 3.86. The Hall–Kier alpha value is -1.76. The first-order valence-corrected chi connectivity index (χ1v) is 4.39. The van der Waals surface area contributed by atoms with Crippen LogP contribution in [-0.4, -0.2) is 25.2 Å². The Morgan fingerprint density at radius 2 is 1.60 bits per heavy atom. The number of hydrogen-bond donors (Lipinski definition) is 3. The van der Waals surface area contributed by atoms with E-state index in [2.05, 4.69) is 9.47 Å². The summed E-state index contributed by atoms with van der Waals surface area (Å²) >= 11 is 0. The van der Waals surface area contributed by atoms with E-state index in [1.165, 1.54) is 0 Å². The van der Waals surface area contributed by atoms with Crippen LogP contribution in [0, 0.1) is 0 Å². The predicted octanol–water partition coefficient (Wildman–Crippen LogP) is -1.25. The van der Waals surface area contributed by atoms with Gasteiger partial charge in [-0.1, -0.05) is 0 Å². The highest BCUT2D eigenvalue weighted by Gasteiger charge is 2.19. The average molecular weight is 217 g/mol. The van der Waals surface area contributed by atoms with Crippen molar-refractivity contribution in [1.82, 2.24) is 5.43 Å². The molecule has 0 atom stereocenters. The highest BCUT2D eigenvalue weighted by molar-refractivity contribution is 5.99. The molecular formula is C8H15N3O4. The highest BCUT2D eigenvalue weighted by atomic mass is 16.5. The summed E-state index contributed by atoms with van der Waals surface area (Å²) in [5, 5.41) is 0. The van der Waals surface area contributed by atoms with E-state index in [1.807, 2.05) is 5.43 Å². The number of nitrogens with one attached hydrogen (secondary N) is 1. The van der Waals surface area contributed by atoms with Crippen LogP contribution < -0.4 is 17.0 Å². The molecule has 0 saturated carbocycles. The molecule has 0 bridgehead atoms. The minimum Gasteiger partial charge on any atom is -0.461 e. The zero-order chi connectivity index (χ0) is 11.8. The van der Waals surface area contributed by atoms with E-state index in [0.29, 0.717) is 0 Å². The maximum Gasteiger partial charge on any atom is 0.358 e. The SMILES string of the molecule is CCOC(=O)/C(N)=C(/NN)C(=O)OCC. The van der Waals surface area contributed by atoms with Gasteiger partial charge in [-0.25, -0.2) is 9.59 Å². The molecule has 0 saturated heterocycles. The Bertz CT molecular complexity index is 275. The standard InChI is InChI=1S/C8H15N3O4/c1-3-14-7(12)5(9)6(11-10)8(13)15-4-2/h11H,3-4,9-10H2,1-2H3/b6-5-. The van der Waals surface area contributed by atoms with E-state index in [-0.39, 0.29) is 18.9 Å². The summed E-state index contributed by atoms with van der Waals surface area (Å²) in [6.45, 7) is 3.54. The summed E-state index contributed by atoms with van der Waals surface area (Å²) in [6, 6.07) is 0. The molecule has 0 unspecified atom stereocenters. The maximum atomic E-state index is 11.2. The van der Waals surface area contributed by atoms with Crippen LogP contribution in [0.3, 0.4) is 0 Å². The Labute approximate surface area is 87.4 Å². The van der Waals surface area contributed by atoms with Crippen LogP contribution in [0.2, 0.25) is 0 Å². The normalized spacial score (nSPS) is 11.4. The number of rotatable bonds is 5. The summed E-state index contributed by atoms with van der Waals surface area (Å²) in [4.78, 5) is 22.4. The van der Waals surface area contributed by atoms with Crippen molar-refractivity contribution < 1.29 is 19.1 Å². The lowest BCUT2D eigenvalue weighted by Gasteiger charge is -2.09. The summed E-state index contributed by atoms with van der Waals surface area (Å²) in [5.41, 5.74) is 6.64. The lowest BCUT2D eigenvalue weighted by atomic mass is 10.3. The van der Waals surface area contributed by atoms with Crippen molar-refractivity contribution in [2.75, 3.05) is 13.2 Å². The van der Waals surface area contributed by atoms with Crippen molar-refractivity contribution in [1.29, 1.82) is 0 Å². The average Bonchev–Trinajstić information content (AvgIpc) is 2.19. The number of ether oxygens (including phenoxy) is 2. The van der Waals surface area contributed by atoms with Gasteiger partial charge in [0, 0.05) is 0 Å². The molecule has 0 aliphatic heterocycles. The van der Waals surface area contributed by atoms with Gasteiger partial charge in [-0.3, -0.25) is 5.84 Å². The zero-order valence-corrected chi connectivity index (χ0v) is 8.70. The van der Waals surface area contributed by atoms with Gasteiger partial charge in [0.05, 0.1) is 13.2 Å². The smallest absolute Gasteiger partial charge is 0.358 e. The quantitative estimate of drug-likeness (QED) is 0.228. The van der Waals surface area contributed by atoms with Crippen LogP contribution in [0.5, 0.6) is 0 Å². The Morgan fingerprint density at radius 1 is 1.13 bits per heavy atom. The molecule has 0 aromatic heterocycles. The third-order valence-corrected chi connectivity index (χ3v) is 1.39. The first-order valence-electron chi connectivity index (χ1n) is 4.39. The van der Waals surface area contributed by atoms with Crippen LogP contribution in [0.15, 0.2) is 11.4 Å². The van der Waals surface area contributed by atoms with Crippen molar-refractivity contribution in [2.24, 2.45) is 11.6 Å². The molecule has 0 aromatic rings. The molecule has 0 spiro atoms. The van der Waals surface area contributed by atoms with Crippen LogP contribution >= 0.6 is 0 Å². The van der Waals surface area contributed by atoms with Crippen LogP contribution in [-0.2, 0) is 19.1 Å². The Balaban J connectivity index is 4.80. The third-order valence-electron chi connectivity index (χ3n) is 1.39. The van der Waals surface area contributed by atoms with Gasteiger partial charge in [0.25, 0.3) is 0 Å². The van der Waals surface area contributed by atoms with Crippen molar-refractivity contribution in [3.63, 3.8) is 0 Å². The second kappa shape index (κ2) is 6.66. The van der Waals surface area contributed by atoms with Gasteiger partial charge in [0.15, 0.2) is 11.4 Å². The molecular weight excluding hydrogens is 202 g/mol. The van der Waals surface area contributed by atoms with Gasteiger partial charge in [0.1, 0.15) is 0 Å². The molecule has 0 aromatic carbocycles. The number of carbonyl (C=O) groups is 2. The summed E-state index contributed by atoms with van der Waals surface area (Å²) in [6.07, 6.45) is 0. The van der Waals surface area contributed by atoms with Crippen molar-refractivity contribution >= 4 is 11.9 Å². The van der Waals surface area contributed by atoms with Gasteiger partial charge in [-0.05, 0) is 13.8 Å². The summed E-state index contributed by atoms with van der Waals surface area (Å²) in [5.74, 6) is 3.42. The molecule has 86 valence electrons. The van der Waals surface area contributed by atoms with E-state index in [4.69, 9.17) is 11.6 Å². The molecule has 5 N–H and O–H groups in total. The number of hydrogen-bond acceptors (Lipinski definition) is 7. The first-order chi connectivity index (χ1) is 7.08. The van der Waals surface area contributed by atoms with Crippen LogP contribution in [0.1, 0.15) is 13.8 Å². The lowest BCUT2D eigenvalue weighted by molar-refractivity contribution is -0.142. The lowest BCUT2D eigenvalue weighted by Crippen LogP contribution is -2.34. The Kier molecular flexibility index (Phi) is 5.88. The molecule has 7 nitrogen and oxygen atoms in total. The topological polar surface area (TPSA) is 117 Å². The summed E-state index contributed by atoms with van der Waals surface area (Å²) in [7, 11) is 0. The predicted molar refractivity (Wildman–Crippen MR) is 51.8 cm³/mol. The van der Waals surface area contributed by atoms with Gasteiger partial charge < -0.3 is 20.6 Å². The summed E-state index contributed by atoms with van der Waals surface area (Å²) < 4.78 is 9.21. The van der Waals surface area contributed by atoms with E-state index in [0.717, 1.165) is 0 Å². The van der Waals surface area contributed by atoms with Gasteiger partial charge in [0.2, 0.25) is 0 Å². The molecule has 7 heteroatoms. The minimum atomic E-state index is -0.821. The monoisotopic (exact) mass is 217 g/mol.